The predicted molar refractivity (Wildman–Crippen MR) is 110 cm³/mol. The molecule has 3 unspecified atom stereocenters. The number of hydrogen-bond donors (Lipinski definition) is 4. The first kappa shape index (κ1) is 19.0. The largest absolute Gasteiger partial charge is 0.365 e. The monoisotopic (exact) mass is 395 g/mol. The topological polar surface area (TPSA) is 132 Å². The van der Waals surface area contributed by atoms with Crippen LogP contribution in [0, 0.1) is 0 Å². The van der Waals surface area contributed by atoms with Crippen molar-refractivity contribution in [2.75, 3.05) is 10.6 Å². The van der Waals surface area contributed by atoms with Gasteiger partial charge in [-0.3, -0.25) is 9.78 Å². The number of halogens is 1. The summed E-state index contributed by atoms with van der Waals surface area (Å²) in [5.74, 6) is -0.131. The number of primary amides is 1. The van der Waals surface area contributed by atoms with E-state index in [0.717, 1.165) is 29.4 Å². The van der Waals surface area contributed by atoms with E-state index in [0.29, 0.717) is 6.42 Å². The summed E-state index contributed by atoms with van der Waals surface area (Å²) in [5, 5.41) is 7.15. The molecule has 0 saturated heterocycles. The number of hydrogen-bond acceptors (Lipinski definition) is 7. The summed E-state index contributed by atoms with van der Waals surface area (Å²) in [4.78, 5) is 24.7. The molecule has 2 aromatic heterocycles. The molecule has 8 nitrogen and oxygen atoms in total. The maximum Gasteiger partial charge on any atom is 0.254 e. The Balaban J connectivity index is 1.61. The van der Waals surface area contributed by atoms with Crippen LogP contribution in [0.2, 0.25) is 0 Å². The van der Waals surface area contributed by atoms with E-state index in [9.17, 15) is 9.18 Å². The van der Waals surface area contributed by atoms with Crippen molar-refractivity contribution in [3.8, 4) is 0 Å². The molecule has 1 aliphatic carbocycles. The van der Waals surface area contributed by atoms with Crippen LogP contribution in [0.15, 0.2) is 42.7 Å². The highest BCUT2D eigenvalue weighted by Crippen LogP contribution is 2.25. The minimum atomic E-state index is -1.06. The summed E-state index contributed by atoms with van der Waals surface area (Å²) in [5.41, 5.74) is 13.2. The number of rotatable bonds is 5. The fourth-order valence-electron chi connectivity index (χ4n) is 3.52. The summed E-state index contributed by atoms with van der Waals surface area (Å²) in [6.07, 6.45) is 3.94. The predicted octanol–water partition coefficient (Wildman–Crippen LogP) is 2.50. The third kappa shape index (κ3) is 4.09. The van der Waals surface area contributed by atoms with Crippen LogP contribution in [0.4, 0.5) is 21.8 Å². The second-order valence-corrected chi connectivity index (χ2v) is 7.13. The first-order valence-corrected chi connectivity index (χ1v) is 9.46. The van der Waals surface area contributed by atoms with E-state index >= 15 is 0 Å². The molecule has 1 saturated carbocycles. The van der Waals surface area contributed by atoms with Crippen molar-refractivity contribution in [1.29, 1.82) is 0 Å². The number of nitrogens with two attached hydrogens (primary N) is 2. The molecule has 9 heteroatoms. The average molecular weight is 395 g/mol. The van der Waals surface area contributed by atoms with Gasteiger partial charge in [0.1, 0.15) is 17.6 Å². The molecule has 4 rings (SSSR count). The smallest absolute Gasteiger partial charge is 0.254 e. The number of pyridine rings is 1. The molecule has 0 radical (unpaired) electrons. The van der Waals surface area contributed by atoms with Gasteiger partial charge < -0.3 is 22.1 Å². The Morgan fingerprint density at radius 1 is 1.21 bits per heavy atom. The minimum absolute atomic E-state index is 0.151. The average Bonchev–Trinajstić information content (AvgIpc) is 2.71. The molecule has 0 spiro atoms. The number of carbonyl (C=O) groups is 1. The Morgan fingerprint density at radius 2 is 2.07 bits per heavy atom. The van der Waals surface area contributed by atoms with E-state index in [1.54, 1.807) is 6.20 Å². The van der Waals surface area contributed by atoms with Gasteiger partial charge in [0.2, 0.25) is 5.95 Å². The SMILES string of the molecule is NC(=O)c1cnc(NC2CCCC(F)C2N)nc1Nc1ccc2ncccc2c1. The van der Waals surface area contributed by atoms with Crippen molar-refractivity contribution in [2.24, 2.45) is 11.5 Å². The number of nitrogens with zero attached hydrogens (tertiary/aromatic N) is 3. The van der Waals surface area contributed by atoms with Gasteiger partial charge in [0.05, 0.1) is 11.6 Å². The number of amides is 1. The lowest BCUT2D eigenvalue weighted by Crippen LogP contribution is -2.49. The standard InChI is InChI=1S/C20H22FN7O/c21-14-4-1-5-16(17(14)22)27-20-25-10-13(18(23)29)19(28-20)26-12-6-7-15-11(9-12)3-2-8-24-15/h2-3,6-10,14,16-17H,1,4-5,22H2,(H2,23,29)(H2,25,26,27,28). The maximum atomic E-state index is 13.9. The second kappa shape index (κ2) is 7.96. The van der Waals surface area contributed by atoms with Gasteiger partial charge in [-0.25, -0.2) is 9.37 Å². The molecule has 1 fully saturated rings. The van der Waals surface area contributed by atoms with Crippen molar-refractivity contribution in [1.82, 2.24) is 15.0 Å². The number of fused-ring (bicyclic) bond motifs is 1. The highest BCUT2D eigenvalue weighted by atomic mass is 19.1. The van der Waals surface area contributed by atoms with E-state index in [4.69, 9.17) is 11.5 Å². The van der Waals surface area contributed by atoms with Gasteiger partial charge in [-0.05, 0) is 43.5 Å². The van der Waals surface area contributed by atoms with E-state index in [1.165, 1.54) is 6.20 Å². The van der Waals surface area contributed by atoms with Crippen LogP contribution in [-0.4, -0.2) is 39.1 Å². The molecular weight excluding hydrogens is 373 g/mol. The third-order valence-corrected chi connectivity index (χ3v) is 5.11. The van der Waals surface area contributed by atoms with Crippen molar-refractivity contribution in [2.45, 2.75) is 37.5 Å². The quantitative estimate of drug-likeness (QED) is 0.522. The van der Waals surface area contributed by atoms with Crippen molar-refractivity contribution in [3.05, 3.63) is 48.3 Å². The number of nitrogens with one attached hydrogen (secondary N) is 2. The van der Waals surface area contributed by atoms with Crippen LogP contribution < -0.4 is 22.1 Å². The molecule has 1 amide bonds. The fourth-order valence-corrected chi connectivity index (χ4v) is 3.52. The summed E-state index contributed by atoms with van der Waals surface area (Å²) < 4.78 is 13.9. The molecule has 1 aliphatic rings. The van der Waals surface area contributed by atoms with Crippen LogP contribution in [-0.2, 0) is 0 Å². The van der Waals surface area contributed by atoms with Gasteiger partial charge in [-0.1, -0.05) is 6.07 Å². The lowest BCUT2D eigenvalue weighted by Gasteiger charge is -2.32. The van der Waals surface area contributed by atoms with Gasteiger partial charge in [0.15, 0.2) is 0 Å². The Labute approximate surface area is 166 Å². The van der Waals surface area contributed by atoms with E-state index in [-0.39, 0.29) is 23.4 Å². The Hall–Kier alpha value is -3.33. The number of benzene rings is 1. The number of anilines is 3. The summed E-state index contributed by atoms with van der Waals surface area (Å²) in [6, 6.07) is 8.47. The lowest BCUT2D eigenvalue weighted by atomic mass is 9.89. The molecule has 3 atom stereocenters. The third-order valence-electron chi connectivity index (χ3n) is 5.11. The van der Waals surface area contributed by atoms with Crippen LogP contribution >= 0.6 is 0 Å². The van der Waals surface area contributed by atoms with Crippen LogP contribution in [0.25, 0.3) is 10.9 Å². The molecule has 0 aliphatic heterocycles. The Kier molecular flexibility index (Phi) is 5.22. The van der Waals surface area contributed by atoms with Crippen LogP contribution in [0.5, 0.6) is 0 Å². The summed E-state index contributed by atoms with van der Waals surface area (Å²) in [6.45, 7) is 0. The first-order chi connectivity index (χ1) is 14.0. The van der Waals surface area contributed by atoms with Gasteiger partial charge >= 0.3 is 0 Å². The molecule has 29 heavy (non-hydrogen) atoms. The Bertz CT molecular complexity index is 1040. The molecular formula is C20H22FN7O. The van der Waals surface area contributed by atoms with E-state index < -0.39 is 18.1 Å². The van der Waals surface area contributed by atoms with Crippen molar-refractivity contribution in [3.63, 3.8) is 0 Å². The zero-order chi connectivity index (χ0) is 20.4. The normalized spacial score (nSPS) is 21.7. The Morgan fingerprint density at radius 3 is 2.90 bits per heavy atom. The van der Waals surface area contributed by atoms with Gasteiger partial charge in [0, 0.05) is 29.5 Å². The maximum absolute atomic E-state index is 13.9. The first-order valence-electron chi connectivity index (χ1n) is 9.46. The number of alkyl halides is 1. The molecule has 1 aromatic carbocycles. The van der Waals surface area contributed by atoms with Crippen molar-refractivity contribution < 1.29 is 9.18 Å². The summed E-state index contributed by atoms with van der Waals surface area (Å²) >= 11 is 0. The second-order valence-electron chi connectivity index (χ2n) is 7.13. The molecule has 150 valence electrons. The zero-order valence-electron chi connectivity index (χ0n) is 15.7. The fraction of sp³-hybridized carbons (Fsp3) is 0.300. The number of carbonyl (C=O) groups excluding carboxylic acids is 1. The van der Waals surface area contributed by atoms with E-state index in [2.05, 4.69) is 25.6 Å². The van der Waals surface area contributed by atoms with Gasteiger partial charge in [0.25, 0.3) is 5.91 Å². The summed E-state index contributed by atoms with van der Waals surface area (Å²) in [7, 11) is 0. The minimum Gasteiger partial charge on any atom is -0.365 e. The van der Waals surface area contributed by atoms with Gasteiger partial charge in [-0.2, -0.15) is 4.98 Å². The highest BCUT2D eigenvalue weighted by molar-refractivity contribution is 5.98. The van der Waals surface area contributed by atoms with E-state index in [1.807, 2.05) is 30.3 Å². The number of aromatic nitrogens is 3. The van der Waals surface area contributed by atoms with Crippen molar-refractivity contribution >= 4 is 34.3 Å². The lowest BCUT2D eigenvalue weighted by molar-refractivity contribution is 0.100. The molecule has 3 aromatic rings. The van der Waals surface area contributed by atoms with Gasteiger partial charge in [-0.15, -0.1) is 0 Å². The molecule has 2 heterocycles. The molecule has 6 N–H and O–H groups in total. The highest BCUT2D eigenvalue weighted by Gasteiger charge is 2.31. The van der Waals surface area contributed by atoms with Crippen LogP contribution in [0.1, 0.15) is 29.6 Å². The molecule has 0 bridgehead atoms. The zero-order valence-corrected chi connectivity index (χ0v) is 15.7. The van der Waals surface area contributed by atoms with Crippen LogP contribution in [0.3, 0.4) is 0 Å².